The minimum atomic E-state index is -1.15. The number of nitrogens with one attached hydrogen (secondary N) is 1. The Balaban J connectivity index is 2.18. The third-order valence-corrected chi connectivity index (χ3v) is 3.79. The van der Waals surface area contributed by atoms with Crippen LogP contribution in [0.15, 0.2) is 24.3 Å². The molecule has 1 aliphatic rings. The van der Waals surface area contributed by atoms with E-state index in [1.54, 1.807) is 26.0 Å². The average Bonchev–Trinajstić information content (AvgIpc) is 2.93. The maximum atomic E-state index is 12.1. The van der Waals surface area contributed by atoms with Gasteiger partial charge >= 0.3 is 11.9 Å². The van der Waals surface area contributed by atoms with Crippen molar-refractivity contribution < 1.29 is 24.6 Å². The van der Waals surface area contributed by atoms with Crippen LogP contribution in [0.1, 0.15) is 24.2 Å². The Morgan fingerprint density at radius 3 is 2.20 bits per heavy atom. The number of hydrogen-bond acceptors (Lipinski definition) is 3. The molecule has 1 amide bonds. The molecule has 1 aromatic rings. The highest BCUT2D eigenvalue weighted by Crippen LogP contribution is 2.58. The van der Waals surface area contributed by atoms with Crippen LogP contribution in [-0.2, 0) is 9.59 Å². The number of carboxylic acid groups (broad SMARTS) is 2. The van der Waals surface area contributed by atoms with Crippen LogP contribution in [0.3, 0.4) is 0 Å². The van der Waals surface area contributed by atoms with Crippen molar-refractivity contribution in [1.82, 2.24) is 0 Å². The largest absolute Gasteiger partial charge is 0.481 e. The van der Waals surface area contributed by atoms with Gasteiger partial charge < -0.3 is 15.5 Å². The van der Waals surface area contributed by atoms with Crippen LogP contribution in [0.25, 0.3) is 0 Å². The maximum absolute atomic E-state index is 12.1. The van der Waals surface area contributed by atoms with Crippen LogP contribution in [0.5, 0.6) is 0 Å². The summed E-state index contributed by atoms with van der Waals surface area (Å²) in [5.74, 6) is -4.01. The molecule has 2 rings (SSSR count). The van der Waals surface area contributed by atoms with Crippen LogP contribution in [0, 0.1) is 17.3 Å². The minimum absolute atomic E-state index is 0.0221. The van der Waals surface area contributed by atoms with E-state index < -0.39 is 35.1 Å². The van der Waals surface area contributed by atoms with Crippen molar-refractivity contribution in [3.8, 4) is 0 Å². The number of anilines is 1. The maximum Gasteiger partial charge on any atom is 0.337 e. The van der Waals surface area contributed by atoms with Gasteiger partial charge in [-0.25, -0.2) is 4.79 Å². The smallest absolute Gasteiger partial charge is 0.337 e. The number of aromatic carboxylic acids is 1. The fourth-order valence-electron chi connectivity index (χ4n) is 2.58. The fourth-order valence-corrected chi connectivity index (χ4v) is 2.58. The molecule has 0 bridgehead atoms. The van der Waals surface area contributed by atoms with Gasteiger partial charge in [0.15, 0.2) is 0 Å². The Morgan fingerprint density at radius 2 is 1.70 bits per heavy atom. The van der Waals surface area contributed by atoms with E-state index >= 15 is 0 Å². The molecule has 1 fully saturated rings. The summed E-state index contributed by atoms with van der Waals surface area (Å²) in [4.78, 5) is 34.2. The number of carboxylic acids is 2. The van der Waals surface area contributed by atoms with E-state index in [2.05, 4.69) is 5.32 Å². The van der Waals surface area contributed by atoms with E-state index in [0.29, 0.717) is 0 Å². The Morgan fingerprint density at radius 1 is 1.10 bits per heavy atom. The number of amides is 1. The number of hydrogen-bond donors (Lipinski definition) is 3. The summed E-state index contributed by atoms with van der Waals surface area (Å²) in [6.45, 7) is 3.41. The van der Waals surface area contributed by atoms with Gasteiger partial charge in [0.05, 0.1) is 23.1 Å². The van der Waals surface area contributed by atoms with Gasteiger partial charge in [0.2, 0.25) is 5.91 Å². The number of benzene rings is 1. The first-order chi connectivity index (χ1) is 9.26. The Hall–Kier alpha value is -2.37. The summed E-state index contributed by atoms with van der Waals surface area (Å²) in [7, 11) is 0. The fraction of sp³-hybridized carbons (Fsp3) is 0.357. The first-order valence-electron chi connectivity index (χ1n) is 6.12. The number of carbonyl (C=O) groups is 3. The molecule has 2 atom stereocenters. The van der Waals surface area contributed by atoms with Crippen molar-refractivity contribution >= 4 is 23.5 Å². The summed E-state index contributed by atoms with van der Waals surface area (Å²) >= 11 is 0. The highest BCUT2D eigenvalue weighted by molar-refractivity contribution is 6.04. The lowest BCUT2D eigenvalue weighted by Gasteiger charge is -2.08. The van der Waals surface area contributed by atoms with Crippen molar-refractivity contribution in [3.63, 3.8) is 0 Å². The van der Waals surface area contributed by atoms with Gasteiger partial charge in [0, 0.05) is 0 Å². The molecule has 0 unspecified atom stereocenters. The summed E-state index contributed by atoms with van der Waals surface area (Å²) < 4.78 is 0. The molecule has 106 valence electrons. The zero-order chi connectivity index (χ0) is 15.1. The van der Waals surface area contributed by atoms with Gasteiger partial charge in [0.1, 0.15) is 0 Å². The van der Waals surface area contributed by atoms with E-state index in [1.165, 1.54) is 12.1 Å². The normalized spacial score (nSPS) is 22.9. The Labute approximate surface area is 115 Å². The second-order valence-electron chi connectivity index (χ2n) is 5.45. The van der Waals surface area contributed by atoms with Crippen molar-refractivity contribution in [1.29, 1.82) is 0 Å². The Bertz CT molecular complexity index is 593. The molecule has 0 radical (unpaired) electrons. The lowest BCUT2D eigenvalue weighted by Crippen LogP contribution is -2.19. The molecule has 0 heterocycles. The van der Waals surface area contributed by atoms with E-state index in [0.717, 1.165) is 0 Å². The highest BCUT2D eigenvalue weighted by Gasteiger charge is 2.65. The predicted octanol–water partition coefficient (Wildman–Crippen LogP) is 1.68. The summed E-state index contributed by atoms with van der Waals surface area (Å²) in [5, 5.41) is 20.6. The molecular formula is C14H15NO5. The van der Waals surface area contributed by atoms with Gasteiger partial charge in [-0.2, -0.15) is 0 Å². The molecule has 0 spiro atoms. The molecular weight excluding hydrogens is 262 g/mol. The zero-order valence-electron chi connectivity index (χ0n) is 11.1. The summed E-state index contributed by atoms with van der Waals surface area (Å²) in [6, 6.07) is 6.02. The second kappa shape index (κ2) is 4.63. The van der Waals surface area contributed by atoms with Gasteiger partial charge in [-0.05, 0) is 17.5 Å². The first-order valence-corrected chi connectivity index (χ1v) is 6.12. The molecule has 20 heavy (non-hydrogen) atoms. The van der Waals surface area contributed by atoms with Crippen molar-refractivity contribution in [2.24, 2.45) is 17.3 Å². The van der Waals surface area contributed by atoms with Crippen LogP contribution in [0.4, 0.5) is 5.69 Å². The van der Waals surface area contributed by atoms with Crippen molar-refractivity contribution in [2.45, 2.75) is 13.8 Å². The van der Waals surface area contributed by atoms with E-state index in [4.69, 9.17) is 10.2 Å². The lowest BCUT2D eigenvalue weighted by molar-refractivity contribution is -0.140. The molecule has 6 nitrogen and oxygen atoms in total. The van der Waals surface area contributed by atoms with Gasteiger partial charge in [-0.15, -0.1) is 0 Å². The van der Waals surface area contributed by atoms with Crippen LogP contribution < -0.4 is 5.32 Å². The van der Waals surface area contributed by atoms with Gasteiger partial charge in [-0.1, -0.05) is 26.0 Å². The van der Waals surface area contributed by atoms with E-state index in [9.17, 15) is 14.4 Å². The van der Waals surface area contributed by atoms with Crippen LogP contribution in [0.2, 0.25) is 0 Å². The lowest BCUT2D eigenvalue weighted by atomic mass is 10.1. The van der Waals surface area contributed by atoms with Gasteiger partial charge in [-0.3, -0.25) is 9.59 Å². The topological polar surface area (TPSA) is 104 Å². The minimum Gasteiger partial charge on any atom is -0.481 e. The summed E-state index contributed by atoms with van der Waals surface area (Å²) in [6.07, 6.45) is 0. The number of carbonyl (C=O) groups excluding carboxylic acids is 1. The molecule has 0 aromatic heterocycles. The van der Waals surface area contributed by atoms with E-state index in [1.807, 2.05) is 0 Å². The third-order valence-electron chi connectivity index (χ3n) is 3.79. The number of para-hydroxylation sites is 1. The highest BCUT2D eigenvalue weighted by atomic mass is 16.4. The monoisotopic (exact) mass is 277 g/mol. The first kappa shape index (κ1) is 14.0. The SMILES string of the molecule is CC1(C)[C@@H](C(=O)O)[C@@H]1C(=O)Nc1ccccc1C(=O)O. The predicted molar refractivity (Wildman–Crippen MR) is 70.4 cm³/mol. The molecule has 0 saturated heterocycles. The number of aliphatic carboxylic acids is 1. The molecule has 6 heteroatoms. The summed E-state index contributed by atoms with van der Waals surface area (Å²) in [5.41, 5.74) is -0.461. The standard InChI is InChI=1S/C14H15NO5/c1-14(2)9(10(14)13(19)20)11(16)15-8-6-4-3-5-7(8)12(17)18/h3-6,9-10H,1-2H3,(H,15,16)(H,17,18)(H,19,20)/t9-,10-/m1/s1. The molecule has 1 saturated carbocycles. The number of rotatable bonds is 4. The molecule has 1 aliphatic carbocycles. The molecule has 1 aromatic carbocycles. The third kappa shape index (κ3) is 2.24. The molecule has 0 aliphatic heterocycles. The molecule has 3 N–H and O–H groups in total. The zero-order valence-corrected chi connectivity index (χ0v) is 11.1. The quantitative estimate of drug-likeness (QED) is 0.776. The Kier molecular flexibility index (Phi) is 3.25. The van der Waals surface area contributed by atoms with Crippen LogP contribution >= 0.6 is 0 Å². The van der Waals surface area contributed by atoms with Crippen molar-refractivity contribution in [3.05, 3.63) is 29.8 Å². The van der Waals surface area contributed by atoms with Crippen LogP contribution in [-0.4, -0.2) is 28.1 Å². The average molecular weight is 277 g/mol. The van der Waals surface area contributed by atoms with Gasteiger partial charge in [0.25, 0.3) is 0 Å². The second-order valence-corrected chi connectivity index (χ2v) is 5.45. The van der Waals surface area contributed by atoms with E-state index in [-0.39, 0.29) is 11.3 Å². The van der Waals surface area contributed by atoms with Crippen molar-refractivity contribution in [2.75, 3.05) is 5.32 Å².